The number of aromatic nitrogens is 3. The predicted octanol–water partition coefficient (Wildman–Crippen LogP) is 3.74. The van der Waals surface area contributed by atoms with Crippen LogP contribution in [0, 0.1) is 5.82 Å². The maximum Gasteiger partial charge on any atom is 0.323 e. The van der Waals surface area contributed by atoms with Crippen LogP contribution in [0.1, 0.15) is 24.7 Å². The SMILES string of the molecule is O=C(Nc1nccs1)N1CCCC(c2nc(-c3ccc(F)cc3)no2)C1. The van der Waals surface area contributed by atoms with Gasteiger partial charge >= 0.3 is 6.03 Å². The molecule has 7 nitrogen and oxygen atoms in total. The van der Waals surface area contributed by atoms with Gasteiger partial charge in [-0.25, -0.2) is 14.2 Å². The van der Waals surface area contributed by atoms with Crippen molar-refractivity contribution in [2.24, 2.45) is 0 Å². The molecule has 3 aromatic rings. The molecule has 9 heteroatoms. The number of rotatable bonds is 3. The first-order valence-corrected chi connectivity index (χ1v) is 9.12. The van der Waals surface area contributed by atoms with E-state index in [1.807, 2.05) is 5.38 Å². The molecule has 1 fully saturated rings. The first kappa shape index (κ1) is 16.6. The van der Waals surface area contributed by atoms with Crippen LogP contribution in [-0.4, -0.2) is 39.1 Å². The van der Waals surface area contributed by atoms with Gasteiger partial charge in [-0.3, -0.25) is 5.32 Å². The van der Waals surface area contributed by atoms with Crippen LogP contribution in [0.3, 0.4) is 0 Å². The second kappa shape index (κ2) is 7.20. The van der Waals surface area contributed by atoms with E-state index in [2.05, 4.69) is 20.4 Å². The third-order valence-corrected chi connectivity index (χ3v) is 4.94. The highest BCUT2D eigenvalue weighted by Gasteiger charge is 2.29. The monoisotopic (exact) mass is 373 g/mol. The fraction of sp³-hybridized carbons (Fsp3) is 0.294. The number of benzene rings is 1. The Hall–Kier alpha value is -2.81. The molecule has 1 aliphatic heterocycles. The first-order chi connectivity index (χ1) is 12.7. The van der Waals surface area contributed by atoms with Crippen molar-refractivity contribution in [1.29, 1.82) is 0 Å². The quantitative estimate of drug-likeness (QED) is 0.756. The number of nitrogens with zero attached hydrogens (tertiary/aromatic N) is 4. The second-order valence-corrected chi connectivity index (χ2v) is 6.91. The van der Waals surface area contributed by atoms with Gasteiger partial charge in [-0.1, -0.05) is 5.16 Å². The van der Waals surface area contributed by atoms with Crippen LogP contribution >= 0.6 is 11.3 Å². The molecular weight excluding hydrogens is 357 g/mol. The van der Waals surface area contributed by atoms with E-state index in [0.717, 1.165) is 12.8 Å². The predicted molar refractivity (Wildman–Crippen MR) is 94.4 cm³/mol. The second-order valence-electron chi connectivity index (χ2n) is 6.02. The molecule has 2 amide bonds. The van der Waals surface area contributed by atoms with Crippen LogP contribution in [0.25, 0.3) is 11.4 Å². The van der Waals surface area contributed by atoms with Crippen molar-refractivity contribution in [2.45, 2.75) is 18.8 Å². The van der Waals surface area contributed by atoms with Crippen molar-refractivity contribution >= 4 is 22.5 Å². The minimum Gasteiger partial charge on any atom is -0.339 e. The van der Waals surface area contributed by atoms with Crippen molar-refractivity contribution in [3.8, 4) is 11.4 Å². The number of amides is 2. The van der Waals surface area contributed by atoms with Gasteiger partial charge in [-0.15, -0.1) is 11.3 Å². The highest BCUT2D eigenvalue weighted by atomic mass is 32.1. The van der Waals surface area contributed by atoms with Gasteiger partial charge in [0.2, 0.25) is 11.7 Å². The van der Waals surface area contributed by atoms with Crippen LogP contribution in [-0.2, 0) is 0 Å². The normalized spacial score (nSPS) is 17.3. The topological polar surface area (TPSA) is 84.2 Å². The van der Waals surface area contributed by atoms with E-state index in [4.69, 9.17) is 4.52 Å². The lowest BCUT2D eigenvalue weighted by atomic mass is 9.98. The third-order valence-electron chi connectivity index (χ3n) is 4.25. The zero-order valence-electron chi connectivity index (χ0n) is 13.8. The lowest BCUT2D eigenvalue weighted by molar-refractivity contribution is 0.184. The molecule has 0 radical (unpaired) electrons. The molecule has 0 aliphatic carbocycles. The van der Waals surface area contributed by atoms with Crippen molar-refractivity contribution in [3.63, 3.8) is 0 Å². The molecular formula is C17H16FN5O2S. The van der Waals surface area contributed by atoms with Gasteiger partial charge < -0.3 is 9.42 Å². The fourth-order valence-electron chi connectivity index (χ4n) is 2.94. The highest BCUT2D eigenvalue weighted by Crippen LogP contribution is 2.28. The summed E-state index contributed by atoms with van der Waals surface area (Å²) in [5.74, 6) is 0.583. The lowest BCUT2D eigenvalue weighted by Gasteiger charge is -2.30. The number of carbonyl (C=O) groups is 1. The zero-order valence-corrected chi connectivity index (χ0v) is 14.6. The Labute approximate surface area is 152 Å². The first-order valence-electron chi connectivity index (χ1n) is 8.24. The van der Waals surface area contributed by atoms with Crippen LogP contribution in [0.15, 0.2) is 40.4 Å². The Bertz CT molecular complexity index is 881. The Morgan fingerprint density at radius 2 is 2.19 bits per heavy atom. The summed E-state index contributed by atoms with van der Waals surface area (Å²) in [5, 5.41) is 9.17. The minimum absolute atomic E-state index is 0.0208. The Balaban J connectivity index is 1.44. The summed E-state index contributed by atoms with van der Waals surface area (Å²) in [6.45, 7) is 1.18. The minimum atomic E-state index is -0.313. The van der Waals surface area contributed by atoms with Gasteiger partial charge in [0, 0.05) is 30.2 Å². The lowest BCUT2D eigenvalue weighted by Crippen LogP contribution is -2.41. The van der Waals surface area contributed by atoms with Crippen molar-refractivity contribution < 1.29 is 13.7 Å². The summed E-state index contributed by atoms with van der Waals surface area (Å²) >= 11 is 1.38. The molecule has 1 unspecified atom stereocenters. The summed E-state index contributed by atoms with van der Waals surface area (Å²) in [7, 11) is 0. The van der Waals surface area contributed by atoms with E-state index >= 15 is 0 Å². The Morgan fingerprint density at radius 3 is 2.96 bits per heavy atom. The largest absolute Gasteiger partial charge is 0.339 e. The van der Waals surface area contributed by atoms with E-state index in [-0.39, 0.29) is 17.8 Å². The molecule has 4 rings (SSSR count). The molecule has 0 bridgehead atoms. The highest BCUT2D eigenvalue weighted by molar-refractivity contribution is 7.13. The number of urea groups is 1. The number of hydrogen-bond acceptors (Lipinski definition) is 6. The molecule has 1 atom stereocenters. The molecule has 134 valence electrons. The average Bonchev–Trinajstić information content (AvgIpc) is 3.34. The van der Waals surface area contributed by atoms with E-state index < -0.39 is 0 Å². The van der Waals surface area contributed by atoms with E-state index in [1.165, 1.54) is 23.5 Å². The smallest absolute Gasteiger partial charge is 0.323 e. The van der Waals surface area contributed by atoms with Crippen LogP contribution in [0.5, 0.6) is 0 Å². The number of nitrogens with one attached hydrogen (secondary N) is 1. The summed E-state index contributed by atoms with van der Waals surface area (Å²) in [6, 6.07) is 5.76. The molecule has 1 N–H and O–H groups in total. The molecule has 0 spiro atoms. The molecule has 2 aromatic heterocycles. The number of likely N-dealkylation sites (tertiary alicyclic amines) is 1. The molecule has 1 aromatic carbocycles. The summed E-state index contributed by atoms with van der Waals surface area (Å²) in [6.07, 6.45) is 3.37. The van der Waals surface area contributed by atoms with Crippen molar-refractivity contribution in [1.82, 2.24) is 20.0 Å². The molecule has 3 heterocycles. The summed E-state index contributed by atoms with van der Waals surface area (Å²) in [5.41, 5.74) is 0.690. The summed E-state index contributed by atoms with van der Waals surface area (Å²) in [4.78, 5) is 22.6. The van der Waals surface area contributed by atoms with Crippen LogP contribution in [0.2, 0.25) is 0 Å². The average molecular weight is 373 g/mol. The van der Waals surface area contributed by atoms with Gasteiger partial charge in [-0.05, 0) is 37.1 Å². The molecule has 26 heavy (non-hydrogen) atoms. The number of anilines is 1. The van der Waals surface area contributed by atoms with Crippen molar-refractivity contribution in [2.75, 3.05) is 18.4 Å². The van der Waals surface area contributed by atoms with E-state index in [1.54, 1.807) is 23.2 Å². The Morgan fingerprint density at radius 1 is 1.35 bits per heavy atom. The van der Waals surface area contributed by atoms with Crippen molar-refractivity contribution in [3.05, 3.63) is 47.6 Å². The number of hydrogen-bond donors (Lipinski definition) is 1. The number of halogens is 1. The molecule has 1 aliphatic rings. The fourth-order valence-corrected chi connectivity index (χ4v) is 3.45. The number of carbonyl (C=O) groups excluding carboxylic acids is 1. The van der Waals surface area contributed by atoms with Crippen LogP contribution in [0.4, 0.5) is 14.3 Å². The van der Waals surface area contributed by atoms with E-state index in [9.17, 15) is 9.18 Å². The van der Waals surface area contributed by atoms with Gasteiger partial charge in [0.05, 0.1) is 5.92 Å². The number of piperidine rings is 1. The maximum absolute atomic E-state index is 13.0. The zero-order chi connectivity index (χ0) is 17.9. The molecule has 0 saturated carbocycles. The van der Waals surface area contributed by atoms with Gasteiger partial charge in [-0.2, -0.15) is 4.98 Å². The molecule has 1 saturated heterocycles. The Kier molecular flexibility index (Phi) is 4.61. The summed E-state index contributed by atoms with van der Waals surface area (Å²) < 4.78 is 18.4. The van der Waals surface area contributed by atoms with E-state index in [0.29, 0.717) is 35.5 Å². The standard InChI is InChI=1S/C17H16FN5O2S/c18-13-5-3-11(4-6-13)14-20-15(25-22-14)12-2-1-8-23(10-12)17(24)21-16-19-7-9-26-16/h3-7,9,12H,1-2,8,10H2,(H,19,21,24). The third kappa shape index (κ3) is 3.57. The van der Waals surface area contributed by atoms with Gasteiger partial charge in [0.1, 0.15) is 5.82 Å². The number of thiazole rings is 1. The van der Waals surface area contributed by atoms with Gasteiger partial charge in [0.25, 0.3) is 0 Å². The maximum atomic E-state index is 13.0. The van der Waals surface area contributed by atoms with Gasteiger partial charge in [0.15, 0.2) is 5.13 Å². The van der Waals surface area contributed by atoms with Crippen LogP contribution < -0.4 is 5.32 Å².